The molecular weight excluding hydrogens is 753 g/mol. The van der Waals surface area contributed by atoms with E-state index in [1.165, 1.54) is 24.1 Å². The van der Waals surface area contributed by atoms with E-state index in [2.05, 4.69) is 61.6 Å². The van der Waals surface area contributed by atoms with Gasteiger partial charge in [0.2, 0.25) is 0 Å². The number of phenols is 1. The van der Waals surface area contributed by atoms with E-state index in [1.54, 1.807) is 51.1 Å². The van der Waals surface area contributed by atoms with Crippen LogP contribution in [0, 0.1) is 50.4 Å². The molecule has 10 rings (SSSR count). The fourth-order valence-corrected chi connectivity index (χ4v) is 8.11. The molecule has 0 radical (unpaired) electrons. The highest BCUT2D eigenvalue weighted by molar-refractivity contribution is 5.83. The fourth-order valence-electron chi connectivity index (χ4n) is 8.11. The Balaban J connectivity index is 0.000000139. The van der Waals surface area contributed by atoms with Crippen LogP contribution >= 0.6 is 0 Å². The Hall–Kier alpha value is -7.32. The first-order valence-corrected chi connectivity index (χ1v) is 20.1. The SMILES string of the molecule is Cc1c(C#N)cnc2c1CCCC2.Cc1cc2cnn(-c3cnn(C)c3)c2cc1O.Cc1cc2cnn(-c3cnn(C)c3)c2cc1O[C@H]1CCCc2c1ncc(C#N)c2C. The second-order valence-corrected chi connectivity index (χ2v) is 15.5. The number of benzene rings is 2. The van der Waals surface area contributed by atoms with Crippen LogP contribution in [0.1, 0.15) is 87.7 Å². The zero-order chi connectivity index (χ0) is 42.1. The lowest BCUT2D eigenvalue weighted by Gasteiger charge is -2.27. The van der Waals surface area contributed by atoms with E-state index in [0.29, 0.717) is 5.56 Å². The topological polar surface area (TPSA) is 174 Å². The maximum atomic E-state index is 9.75. The molecule has 0 aliphatic heterocycles. The zero-order valence-corrected chi connectivity index (χ0v) is 34.7. The Morgan fingerprint density at radius 1 is 0.650 bits per heavy atom. The van der Waals surface area contributed by atoms with Crippen molar-refractivity contribution in [3.8, 4) is 35.0 Å². The molecule has 8 aromatic rings. The number of nitriles is 2. The predicted molar refractivity (Wildman–Crippen MR) is 227 cm³/mol. The Morgan fingerprint density at radius 2 is 1.22 bits per heavy atom. The molecule has 0 bridgehead atoms. The van der Waals surface area contributed by atoms with Gasteiger partial charge in [-0.2, -0.15) is 30.9 Å². The molecule has 2 aliphatic rings. The molecule has 0 spiro atoms. The quantitative estimate of drug-likeness (QED) is 0.184. The van der Waals surface area contributed by atoms with Crippen molar-refractivity contribution in [2.45, 2.75) is 78.7 Å². The van der Waals surface area contributed by atoms with Crippen LogP contribution < -0.4 is 4.74 Å². The van der Waals surface area contributed by atoms with Gasteiger partial charge in [0, 0.05) is 55.1 Å². The lowest BCUT2D eigenvalue weighted by Crippen LogP contribution is -2.19. The zero-order valence-electron chi connectivity index (χ0n) is 34.7. The molecule has 2 aromatic carbocycles. The normalized spacial score (nSPS) is 14.2. The van der Waals surface area contributed by atoms with Crippen LogP contribution in [0.3, 0.4) is 0 Å². The summed E-state index contributed by atoms with van der Waals surface area (Å²) >= 11 is 0. The number of aryl methyl sites for hydroxylation is 5. The largest absolute Gasteiger partial charge is 0.508 e. The van der Waals surface area contributed by atoms with Gasteiger partial charge in [0.1, 0.15) is 41.1 Å². The number of pyridine rings is 2. The third-order valence-electron chi connectivity index (χ3n) is 11.5. The van der Waals surface area contributed by atoms with Crippen molar-refractivity contribution >= 4 is 21.8 Å². The molecule has 14 heteroatoms. The summed E-state index contributed by atoms with van der Waals surface area (Å²) in [5, 5.41) is 47.2. The second-order valence-electron chi connectivity index (χ2n) is 15.5. The monoisotopic (exact) mass is 798 g/mol. The van der Waals surface area contributed by atoms with E-state index in [1.807, 2.05) is 64.2 Å². The van der Waals surface area contributed by atoms with E-state index < -0.39 is 0 Å². The highest BCUT2D eigenvalue weighted by Gasteiger charge is 2.27. The minimum absolute atomic E-state index is 0.119. The van der Waals surface area contributed by atoms with Crippen molar-refractivity contribution in [1.82, 2.24) is 49.1 Å². The Labute approximate surface area is 347 Å². The van der Waals surface area contributed by atoms with Gasteiger partial charge in [0.25, 0.3) is 0 Å². The van der Waals surface area contributed by atoms with Crippen molar-refractivity contribution < 1.29 is 9.84 Å². The number of rotatable bonds is 4. The molecule has 6 heterocycles. The number of fused-ring (bicyclic) bond motifs is 4. The summed E-state index contributed by atoms with van der Waals surface area (Å²) in [5.41, 5.74) is 13.8. The predicted octanol–water partition coefficient (Wildman–Crippen LogP) is 8.01. The number of phenolic OH excluding ortho intramolecular Hbond substituents is 1. The van der Waals surface area contributed by atoms with Crippen molar-refractivity contribution in [3.05, 3.63) is 130 Å². The molecule has 1 atom stereocenters. The van der Waals surface area contributed by atoms with Crippen molar-refractivity contribution in [1.29, 1.82) is 10.5 Å². The van der Waals surface area contributed by atoms with Gasteiger partial charge in [-0.3, -0.25) is 19.3 Å². The summed E-state index contributed by atoms with van der Waals surface area (Å²) in [4.78, 5) is 8.93. The summed E-state index contributed by atoms with van der Waals surface area (Å²) in [6.07, 6.45) is 21.8. The third kappa shape index (κ3) is 7.67. The van der Waals surface area contributed by atoms with Crippen molar-refractivity contribution in [3.63, 3.8) is 0 Å². The van der Waals surface area contributed by atoms with Crippen LogP contribution in [0.2, 0.25) is 0 Å². The molecule has 302 valence electrons. The average Bonchev–Trinajstić information content (AvgIpc) is 4.07. The van der Waals surface area contributed by atoms with Gasteiger partial charge < -0.3 is 9.84 Å². The summed E-state index contributed by atoms with van der Waals surface area (Å²) < 4.78 is 13.6. The number of hydrogen-bond acceptors (Lipinski definition) is 10. The van der Waals surface area contributed by atoms with Crippen LogP contribution in [0.15, 0.2) is 73.8 Å². The first-order valence-electron chi connectivity index (χ1n) is 20.1. The molecule has 2 aliphatic carbocycles. The molecule has 14 nitrogen and oxygen atoms in total. The number of aromatic nitrogens is 10. The molecule has 6 aromatic heterocycles. The van der Waals surface area contributed by atoms with E-state index in [4.69, 9.17) is 10.00 Å². The van der Waals surface area contributed by atoms with Gasteiger partial charge in [-0.1, -0.05) is 0 Å². The Bertz CT molecular complexity index is 2970. The van der Waals surface area contributed by atoms with Crippen LogP contribution in [-0.4, -0.2) is 54.2 Å². The van der Waals surface area contributed by atoms with Gasteiger partial charge in [0.05, 0.1) is 65.0 Å². The molecule has 0 saturated carbocycles. The average molecular weight is 799 g/mol. The maximum Gasteiger partial charge on any atom is 0.141 e. The fraction of sp³-hybridized carbons (Fsp3) is 0.304. The highest BCUT2D eigenvalue weighted by atomic mass is 16.5. The molecule has 0 fully saturated rings. The van der Waals surface area contributed by atoms with Gasteiger partial charge in [-0.05, 0) is 118 Å². The van der Waals surface area contributed by atoms with Crippen LogP contribution in [0.5, 0.6) is 11.5 Å². The number of hydrogen-bond donors (Lipinski definition) is 1. The summed E-state index contributed by atoms with van der Waals surface area (Å²) in [6, 6.07) is 12.2. The van der Waals surface area contributed by atoms with Crippen LogP contribution in [-0.2, 0) is 33.4 Å². The van der Waals surface area contributed by atoms with E-state index in [-0.39, 0.29) is 11.9 Å². The minimum Gasteiger partial charge on any atom is -0.508 e. The summed E-state index contributed by atoms with van der Waals surface area (Å²) in [5.74, 6) is 1.11. The molecule has 60 heavy (non-hydrogen) atoms. The van der Waals surface area contributed by atoms with Gasteiger partial charge in [-0.25, -0.2) is 9.36 Å². The number of aromatic hydroxyl groups is 1. The molecule has 0 unspecified atom stereocenters. The van der Waals surface area contributed by atoms with E-state index in [0.717, 1.165) is 110 Å². The standard InChI is InChI=1S/C23H22N6O.C12H12N4O.C11H12N2/c1-14-7-16-11-27-29(18-12-26-28(3)13-18)20(16)8-22(14)30-21-6-4-5-19-15(2)17(9-24)10-25-23(19)21;1-8-3-9-5-14-16(11(9)4-12(8)17)10-6-13-15(2)7-10;1-8-9(6-12)7-13-11-5-3-2-4-10(8)11/h7-8,10-13,21H,4-6H2,1-3H3;3-7,17H,1-2H3;7H,2-5H2,1H3/t21-;;/m0../s1. The minimum atomic E-state index is -0.119. The Morgan fingerprint density at radius 3 is 1.83 bits per heavy atom. The van der Waals surface area contributed by atoms with Gasteiger partial charge in [0.15, 0.2) is 0 Å². The van der Waals surface area contributed by atoms with Crippen molar-refractivity contribution in [2.75, 3.05) is 0 Å². The third-order valence-corrected chi connectivity index (χ3v) is 11.5. The Kier molecular flexibility index (Phi) is 10.9. The van der Waals surface area contributed by atoms with Gasteiger partial charge in [-0.15, -0.1) is 0 Å². The number of ether oxygens (including phenoxy) is 1. The van der Waals surface area contributed by atoms with E-state index in [9.17, 15) is 10.4 Å². The smallest absolute Gasteiger partial charge is 0.141 e. The summed E-state index contributed by atoms with van der Waals surface area (Å²) in [6.45, 7) is 7.96. The second kappa shape index (κ2) is 16.5. The highest BCUT2D eigenvalue weighted by Crippen LogP contribution is 2.37. The maximum absolute atomic E-state index is 9.75. The molecule has 0 saturated heterocycles. The molecular formula is C46H46N12O2. The molecule has 0 amide bonds. The first kappa shape index (κ1) is 39.5. The van der Waals surface area contributed by atoms with Crippen LogP contribution in [0.25, 0.3) is 33.2 Å². The number of nitrogens with zero attached hydrogens (tertiary/aromatic N) is 12. The van der Waals surface area contributed by atoms with Gasteiger partial charge >= 0.3 is 0 Å². The first-order chi connectivity index (χ1) is 29.0. The van der Waals surface area contributed by atoms with Crippen molar-refractivity contribution in [2.24, 2.45) is 14.1 Å². The molecule has 1 N–H and O–H groups in total. The summed E-state index contributed by atoms with van der Waals surface area (Å²) in [7, 11) is 3.75. The lowest BCUT2D eigenvalue weighted by molar-refractivity contribution is 0.177. The van der Waals surface area contributed by atoms with E-state index >= 15 is 0 Å². The lowest BCUT2D eigenvalue weighted by atomic mass is 9.89. The van der Waals surface area contributed by atoms with Crippen LogP contribution in [0.4, 0.5) is 0 Å².